The van der Waals surface area contributed by atoms with Gasteiger partial charge in [0, 0.05) is 28.3 Å². The van der Waals surface area contributed by atoms with E-state index in [1.165, 1.54) is 30.0 Å². The molecule has 2 aromatic heterocycles. The molecule has 36 heavy (non-hydrogen) atoms. The zero-order valence-electron chi connectivity index (χ0n) is 20.8. The van der Waals surface area contributed by atoms with Crippen LogP contribution in [0.25, 0.3) is 27.4 Å². The number of hydrogen-bond acceptors (Lipinski definition) is 3. The Kier molecular flexibility index (Phi) is 5.76. The van der Waals surface area contributed by atoms with E-state index in [-0.39, 0.29) is 11.5 Å². The number of aromatic nitrogens is 3. The van der Waals surface area contributed by atoms with Gasteiger partial charge in [-0.1, -0.05) is 67.8 Å². The molecule has 0 saturated heterocycles. The van der Waals surface area contributed by atoms with Crippen LogP contribution in [0.3, 0.4) is 0 Å². The monoisotopic (exact) mass is 474 g/mol. The molecular weight excluding hydrogens is 444 g/mol. The van der Waals surface area contributed by atoms with Crippen LogP contribution in [-0.4, -0.2) is 20.4 Å². The molecule has 0 unspecified atom stereocenters. The first kappa shape index (κ1) is 22.5. The summed E-state index contributed by atoms with van der Waals surface area (Å²) < 4.78 is 3.83. The van der Waals surface area contributed by atoms with E-state index in [2.05, 4.69) is 66.9 Å². The molecule has 180 valence electrons. The highest BCUT2D eigenvalue weighted by atomic mass is 16.1. The van der Waals surface area contributed by atoms with Crippen LogP contribution in [0.15, 0.2) is 82.7 Å². The van der Waals surface area contributed by atoms with Crippen molar-refractivity contribution in [2.45, 2.75) is 51.9 Å². The van der Waals surface area contributed by atoms with Crippen LogP contribution < -0.4 is 5.56 Å². The Morgan fingerprint density at radius 3 is 2.44 bits per heavy atom. The second-order valence-corrected chi connectivity index (χ2v) is 9.84. The first-order chi connectivity index (χ1) is 17.6. The van der Waals surface area contributed by atoms with Crippen LogP contribution in [0.4, 0.5) is 0 Å². The fourth-order valence-corrected chi connectivity index (χ4v) is 5.69. The lowest BCUT2D eigenvalue weighted by Gasteiger charge is -2.22. The molecule has 6 rings (SSSR count). The van der Waals surface area contributed by atoms with E-state index in [1.54, 1.807) is 4.68 Å². The van der Waals surface area contributed by atoms with Gasteiger partial charge in [-0.05, 0) is 56.3 Å². The fraction of sp³-hybridized carbons (Fsp3) is 0.258. The number of para-hydroxylation sites is 1. The van der Waals surface area contributed by atoms with E-state index in [0.717, 1.165) is 46.8 Å². The molecule has 0 aliphatic heterocycles. The third-order valence-corrected chi connectivity index (χ3v) is 7.54. The summed E-state index contributed by atoms with van der Waals surface area (Å²) in [5, 5.41) is 7.80. The maximum atomic E-state index is 13.5. The maximum absolute atomic E-state index is 13.5. The van der Waals surface area contributed by atoms with Crippen molar-refractivity contribution in [1.29, 1.82) is 0 Å². The minimum absolute atomic E-state index is 0.0970. The Morgan fingerprint density at radius 2 is 1.61 bits per heavy atom. The lowest BCUT2D eigenvalue weighted by molar-refractivity contribution is 0.416. The van der Waals surface area contributed by atoms with Crippen molar-refractivity contribution in [2.24, 2.45) is 5.10 Å². The SMILES string of the molecule is Cc1cc(C=Nn2c(C3CCCCC3)nc3ccccc3c2=O)c(C)n1-c1cccc2ccccc12. The van der Waals surface area contributed by atoms with Gasteiger partial charge in [0.15, 0.2) is 0 Å². The topological polar surface area (TPSA) is 52.2 Å². The molecule has 2 heterocycles. The Balaban J connectivity index is 1.47. The van der Waals surface area contributed by atoms with E-state index in [9.17, 15) is 4.79 Å². The quantitative estimate of drug-likeness (QED) is 0.266. The number of nitrogens with zero attached hydrogens (tertiary/aromatic N) is 4. The second kappa shape index (κ2) is 9.23. The van der Waals surface area contributed by atoms with Gasteiger partial charge in [0.25, 0.3) is 5.56 Å². The van der Waals surface area contributed by atoms with Crippen LogP contribution in [0.2, 0.25) is 0 Å². The molecule has 0 atom stereocenters. The average molecular weight is 475 g/mol. The molecule has 5 heteroatoms. The van der Waals surface area contributed by atoms with Crippen molar-refractivity contribution < 1.29 is 0 Å². The zero-order chi connectivity index (χ0) is 24.6. The highest BCUT2D eigenvalue weighted by Gasteiger charge is 2.22. The molecule has 0 spiro atoms. The summed E-state index contributed by atoms with van der Waals surface area (Å²) in [6.07, 6.45) is 7.52. The maximum Gasteiger partial charge on any atom is 0.282 e. The average Bonchev–Trinajstić information content (AvgIpc) is 3.20. The van der Waals surface area contributed by atoms with E-state index in [0.29, 0.717) is 5.39 Å². The number of aryl methyl sites for hydroxylation is 1. The van der Waals surface area contributed by atoms with E-state index >= 15 is 0 Å². The summed E-state index contributed by atoms with van der Waals surface area (Å²) in [6, 6.07) is 24.6. The molecule has 1 saturated carbocycles. The van der Waals surface area contributed by atoms with Crippen molar-refractivity contribution in [3.05, 3.63) is 106 Å². The Bertz CT molecular complexity index is 1660. The molecular formula is C31H30N4O. The highest BCUT2D eigenvalue weighted by molar-refractivity contribution is 5.91. The lowest BCUT2D eigenvalue weighted by Crippen LogP contribution is -2.25. The van der Waals surface area contributed by atoms with Gasteiger partial charge in [-0.15, -0.1) is 0 Å². The van der Waals surface area contributed by atoms with Crippen molar-refractivity contribution in [3.63, 3.8) is 0 Å². The minimum Gasteiger partial charge on any atom is -0.317 e. The van der Waals surface area contributed by atoms with Gasteiger partial charge in [0.05, 0.1) is 22.8 Å². The summed E-state index contributed by atoms with van der Waals surface area (Å²) in [7, 11) is 0. The largest absolute Gasteiger partial charge is 0.317 e. The first-order valence-electron chi connectivity index (χ1n) is 12.8. The Labute approximate surface area is 210 Å². The smallest absolute Gasteiger partial charge is 0.282 e. The summed E-state index contributed by atoms with van der Waals surface area (Å²) in [6.45, 7) is 4.23. The predicted octanol–water partition coefficient (Wildman–Crippen LogP) is 6.89. The third kappa shape index (κ3) is 3.85. The van der Waals surface area contributed by atoms with Crippen molar-refractivity contribution in [1.82, 2.24) is 14.2 Å². The molecule has 3 aromatic carbocycles. The summed E-state index contributed by atoms with van der Waals surface area (Å²) in [5.74, 6) is 1.05. The summed E-state index contributed by atoms with van der Waals surface area (Å²) >= 11 is 0. The third-order valence-electron chi connectivity index (χ3n) is 7.54. The predicted molar refractivity (Wildman–Crippen MR) is 148 cm³/mol. The van der Waals surface area contributed by atoms with E-state index in [1.807, 2.05) is 30.5 Å². The summed E-state index contributed by atoms with van der Waals surface area (Å²) in [5.41, 5.74) is 5.02. The first-order valence-corrected chi connectivity index (χ1v) is 12.8. The molecule has 5 aromatic rings. The number of rotatable bonds is 4. The van der Waals surface area contributed by atoms with Crippen LogP contribution in [0.5, 0.6) is 0 Å². The van der Waals surface area contributed by atoms with Crippen LogP contribution in [-0.2, 0) is 0 Å². The van der Waals surface area contributed by atoms with Gasteiger partial charge in [-0.3, -0.25) is 4.79 Å². The molecule has 5 nitrogen and oxygen atoms in total. The molecule has 0 radical (unpaired) electrons. The number of benzene rings is 3. The van der Waals surface area contributed by atoms with Gasteiger partial charge < -0.3 is 4.57 Å². The van der Waals surface area contributed by atoms with Crippen LogP contribution >= 0.6 is 0 Å². The molecule has 0 amide bonds. The van der Waals surface area contributed by atoms with Crippen LogP contribution in [0, 0.1) is 13.8 Å². The zero-order valence-corrected chi connectivity index (χ0v) is 20.8. The standard InChI is InChI=1S/C31H30N4O/c1-21-19-25(22(2)34(21)29-18-10-14-23-11-6-7-15-26(23)29)20-32-35-30(24-12-4-3-5-13-24)33-28-17-9-8-16-27(28)31(35)36/h6-11,14-20,24H,3-5,12-13H2,1-2H3. The molecule has 1 aliphatic rings. The van der Waals surface area contributed by atoms with E-state index in [4.69, 9.17) is 10.1 Å². The summed E-state index contributed by atoms with van der Waals surface area (Å²) in [4.78, 5) is 18.5. The van der Waals surface area contributed by atoms with Gasteiger partial charge in [0.2, 0.25) is 0 Å². The molecule has 1 fully saturated rings. The minimum atomic E-state index is -0.0970. The molecule has 1 aliphatic carbocycles. The second-order valence-electron chi connectivity index (χ2n) is 9.84. The van der Waals surface area contributed by atoms with Crippen molar-refractivity contribution in [3.8, 4) is 5.69 Å². The fourth-order valence-electron chi connectivity index (χ4n) is 5.69. The van der Waals surface area contributed by atoms with Gasteiger partial charge >= 0.3 is 0 Å². The van der Waals surface area contributed by atoms with Gasteiger partial charge in [0.1, 0.15) is 5.82 Å². The normalized spacial score (nSPS) is 14.8. The van der Waals surface area contributed by atoms with E-state index < -0.39 is 0 Å². The lowest BCUT2D eigenvalue weighted by atomic mass is 9.88. The highest BCUT2D eigenvalue weighted by Crippen LogP contribution is 2.32. The molecule has 0 bridgehead atoms. The van der Waals surface area contributed by atoms with Crippen molar-refractivity contribution in [2.75, 3.05) is 0 Å². The Morgan fingerprint density at radius 1 is 0.889 bits per heavy atom. The molecule has 0 N–H and O–H groups in total. The van der Waals surface area contributed by atoms with Crippen LogP contribution in [0.1, 0.15) is 60.8 Å². The number of hydrogen-bond donors (Lipinski definition) is 0. The number of fused-ring (bicyclic) bond motifs is 2. The Hall–Kier alpha value is -3.99. The van der Waals surface area contributed by atoms with Gasteiger partial charge in [-0.2, -0.15) is 9.78 Å². The van der Waals surface area contributed by atoms with Gasteiger partial charge in [-0.25, -0.2) is 4.98 Å². The van der Waals surface area contributed by atoms with Crippen molar-refractivity contribution >= 4 is 27.9 Å².